The molecule has 0 spiro atoms. The summed E-state index contributed by atoms with van der Waals surface area (Å²) in [5.74, 6) is -1.93. The van der Waals surface area contributed by atoms with E-state index < -0.39 is 23.2 Å². The Morgan fingerprint density at radius 3 is 2.38 bits per heavy atom. The average Bonchev–Trinajstić information content (AvgIpc) is 2.54. The minimum absolute atomic E-state index is 0.167. The first-order valence-corrected chi connectivity index (χ1v) is 4.21. The molecule has 0 saturated carbocycles. The second kappa shape index (κ2) is 3.22. The highest BCUT2D eigenvalue weighted by Gasteiger charge is 2.39. The van der Waals surface area contributed by atoms with Gasteiger partial charge in [0.2, 0.25) is 0 Å². The number of ketones is 1. The Kier molecular flexibility index (Phi) is 2.11. The second-order valence-corrected chi connectivity index (χ2v) is 3.17. The number of benzene rings is 1. The van der Waals surface area contributed by atoms with Crippen molar-refractivity contribution < 1.29 is 18.0 Å². The van der Waals surface area contributed by atoms with Crippen LogP contribution in [0, 0.1) is 0 Å². The lowest BCUT2D eigenvalue weighted by Crippen LogP contribution is -2.22. The molecule has 0 unspecified atom stereocenters. The Bertz CT molecular complexity index is 609. The van der Waals surface area contributed by atoms with Crippen molar-refractivity contribution in [2.75, 3.05) is 0 Å². The zero-order valence-electron chi connectivity index (χ0n) is 7.68. The van der Waals surface area contributed by atoms with Crippen molar-refractivity contribution in [3.05, 3.63) is 34.2 Å². The summed E-state index contributed by atoms with van der Waals surface area (Å²) >= 11 is 0. The third kappa shape index (κ3) is 1.71. The van der Waals surface area contributed by atoms with Crippen LogP contribution in [0.15, 0.2) is 23.0 Å². The topological polar surface area (TPSA) is 65.7 Å². The van der Waals surface area contributed by atoms with E-state index in [1.54, 1.807) is 0 Å². The van der Waals surface area contributed by atoms with Crippen molar-refractivity contribution in [2.45, 2.75) is 6.18 Å². The van der Waals surface area contributed by atoms with E-state index in [4.69, 9.17) is 0 Å². The Hall–Kier alpha value is -2.05. The van der Waals surface area contributed by atoms with E-state index in [1.165, 1.54) is 6.07 Å². The summed E-state index contributed by atoms with van der Waals surface area (Å²) in [6.45, 7) is 0. The minimum atomic E-state index is -4.91. The molecule has 1 heterocycles. The number of imidazole rings is 1. The third-order valence-electron chi connectivity index (χ3n) is 2.04. The van der Waals surface area contributed by atoms with Crippen molar-refractivity contribution >= 4 is 16.8 Å². The molecule has 2 rings (SSSR count). The maximum Gasteiger partial charge on any atom is 0.454 e. The van der Waals surface area contributed by atoms with Crippen LogP contribution in [-0.4, -0.2) is 21.9 Å². The van der Waals surface area contributed by atoms with Crippen LogP contribution >= 0.6 is 0 Å². The van der Waals surface area contributed by atoms with Crippen LogP contribution in [0.1, 0.15) is 10.4 Å². The Labute approximate surface area is 86.1 Å². The molecule has 4 nitrogen and oxygen atoms in total. The number of aromatic nitrogens is 2. The highest BCUT2D eigenvalue weighted by molar-refractivity contribution is 6.02. The number of aromatic amines is 2. The minimum Gasteiger partial charge on any atom is -0.306 e. The van der Waals surface area contributed by atoms with Gasteiger partial charge in [0.15, 0.2) is 0 Å². The molecule has 1 aromatic heterocycles. The summed E-state index contributed by atoms with van der Waals surface area (Å²) in [6.07, 6.45) is -4.91. The molecule has 2 N–H and O–H groups in total. The number of H-pyrrole nitrogens is 2. The molecule has 16 heavy (non-hydrogen) atoms. The summed E-state index contributed by atoms with van der Waals surface area (Å²) in [4.78, 5) is 26.4. The van der Waals surface area contributed by atoms with Gasteiger partial charge in [0, 0.05) is 5.56 Å². The fourth-order valence-electron chi connectivity index (χ4n) is 1.34. The third-order valence-corrected chi connectivity index (χ3v) is 2.04. The van der Waals surface area contributed by atoms with Crippen LogP contribution in [0.3, 0.4) is 0 Å². The van der Waals surface area contributed by atoms with Crippen LogP contribution in [0.4, 0.5) is 13.2 Å². The molecule has 1 aromatic carbocycles. The lowest BCUT2D eigenvalue weighted by atomic mass is 10.1. The normalized spacial score (nSPS) is 11.9. The Balaban J connectivity index is 2.55. The van der Waals surface area contributed by atoms with Gasteiger partial charge >= 0.3 is 11.9 Å². The van der Waals surface area contributed by atoms with Crippen molar-refractivity contribution in [1.82, 2.24) is 9.97 Å². The molecule has 0 atom stereocenters. The largest absolute Gasteiger partial charge is 0.454 e. The van der Waals surface area contributed by atoms with Crippen molar-refractivity contribution in [2.24, 2.45) is 0 Å². The van der Waals surface area contributed by atoms with Gasteiger partial charge in [0.1, 0.15) is 0 Å². The Morgan fingerprint density at radius 2 is 1.75 bits per heavy atom. The van der Waals surface area contributed by atoms with Crippen LogP contribution in [0.5, 0.6) is 0 Å². The summed E-state index contributed by atoms with van der Waals surface area (Å²) in [5.41, 5.74) is -0.523. The molecule has 0 bridgehead atoms. The van der Waals surface area contributed by atoms with Crippen molar-refractivity contribution in [3.8, 4) is 0 Å². The van der Waals surface area contributed by atoms with E-state index in [2.05, 4.69) is 9.97 Å². The van der Waals surface area contributed by atoms with Crippen LogP contribution < -0.4 is 5.69 Å². The SMILES string of the molecule is O=C(c1ccc2[nH]c(=O)[nH]c2c1)C(F)(F)F. The highest BCUT2D eigenvalue weighted by Crippen LogP contribution is 2.22. The Morgan fingerprint density at radius 1 is 1.12 bits per heavy atom. The van der Waals surface area contributed by atoms with Gasteiger partial charge in [-0.05, 0) is 18.2 Å². The summed E-state index contributed by atoms with van der Waals surface area (Å²) < 4.78 is 36.3. The van der Waals surface area contributed by atoms with Gasteiger partial charge in [0.25, 0.3) is 5.78 Å². The predicted molar refractivity (Wildman–Crippen MR) is 49.3 cm³/mol. The number of carbonyl (C=O) groups is 1. The fraction of sp³-hybridized carbons (Fsp3) is 0.111. The molecule has 7 heteroatoms. The first-order valence-electron chi connectivity index (χ1n) is 4.21. The van der Waals surface area contributed by atoms with Gasteiger partial charge in [-0.2, -0.15) is 13.2 Å². The number of hydrogen-bond acceptors (Lipinski definition) is 2. The monoisotopic (exact) mass is 230 g/mol. The molecule has 0 amide bonds. The van der Waals surface area contributed by atoms with E-state index >= 15 is 0 Å². The van der Waals surface area contributed by atoms with E-state index in [0.717, 1.165) is 12.1 Å². The van der Waals surface area contributed by atoms with Gasteiger partial charge < -0.3 is 9.97 Å². The number of halogens is 3. The number of Topliss-reactive ketones (excluding diaryl/α,β-unsaturated/α-hetero) is 1. The lowest BCUT2D eigenvalue weighted by molar-refractivity contribution is -0.0885. The smallest absolute Gasteiger partial charge is 0.306 e. The molecule has 0 saturated heterocycles. The first-order chi connectivity index (χ1) is 7.38. The van der Waals surface area contributed by atoms with Gasteiger partial charge in [-0.15, -0.1) is 0 Å². The molecule has 2 aromatic rings. The summed E-state index contributed by atoms with van der Waals surface area (Å²) in [7, 11) is 0. The molecule has 0 fully saturated rings. The van der Waals surface area contributed by atoms with Crippen LogP contribution in [0.2, 0.25) is 0 Å². The number of alkyl halides is 3. The predicted octanol–water partition coefficient (Wildman–Crippen LogP) is 1.60. The first kappa shape index (κ1) is 10.5. The van der Waals surface area contributed by atoms with Gasteiger partial charge in [-0.3, -0.25) is 4.79 Å². The average molecular weight is 230 g/mol. The zero-order chi connectivity index (χ0) is 11.9. The molecule has 0 aliphatic rings. The number of rotatable bonds is 1. The summed E-state index contributed by atoms with van der Waals surface area (Å²) in [6, 6.07) is 3.25. The van der Waals surface area contributed by atoms with E-state index in [9.17, 15) is 22.8 Å². The quantitative estimate of drug-likeness (QED) is 0.731. The van der Waals surface area contributed by atoms with Crippen LogP contribution in [0.25, 0.3) is 11.0 Å². The number of fused-ring (bicyclic) bond motifs is 1. The van der Waals surface area contributed by atoms with Crippen molar-refractivity contribution in [1.29, 1.82) is 0 Å². The number of hydrogen-bond donors (Lipinski definition) is 2. The van der Waals surface area contributed by atoms with Gasteiger partial charge in [-0.1, -0.05) is 0 Å². The highest BCUT2D eigenvalue weighted by atomic mass is 19.4. The molecule has 0 radical (unpaired) electrons. The lowest BCUT2D eigenvalue weighted by Gasteiger charge is -2.04. The number of carbonyl (C=O) groups excluding carboxylic acids is 1. The molecular formula is C9H5F3N2O2. The maximum absolute atomic E-state index is 12.1. The molecule has 0 aliphatic carbocycles. The number of nitrogens with one attached hydrogen (secondary N) is 2. The molecule has 84 valence electrons. The standard InChI is InChI=1S/C9H5F3N2O2/c10-9(11,12)7(15)4-1-2-5-6(3-4)14-8(16)13-5/h1-3H,(H2,13,14,16). The van der Waals surface area contributed by atoms with Crippen LogP contribution in [-0.2, 0) is 0 Å². The zero-order valence-corrected chi connectivity index (χ0v) is 7.68. The van der Waals surface area contributed by atoms with Gasteiger partial charge in [0.05, 0.1) is 11.0 Å². The van der Waals surface area contributed by atoms with E-state index in [0.29, 0.717) is 5.52 Å². The molecule has 0 aliphatic heterocycles. The van der Waals surface area contributed by atoms with E-state index in [-0.39, 0.29) is 5.52 Å². The summed E-state index contributed by atoms with van der Waals surface area (Å²) in [5, 5.41) is 0. The maximum atomic E-state index is 12.1. The fourth-order valence-corrected chi connectivity index (χ4v) is 1.34. The molecular weight excluding hydrogens is 225 g/mol. The van der Waals surface area contributed by atoms with Crippen molar-refractivity contribution in [3.63, 3.8) is 0 Å². The van der Waals surface area contributed by atoms with E-state index in [1.807, 2.05) is 0 Å². The van der Waals surface area contributed by atoms with Gasteiger partial charge in [-0.25, -0.2) is 4.79 Å². The second-order valence-electron chi connectivity index (χ2n) is 3.17.